The van der Waals surface area contributed by atoms with Gasteiger partial charge in [0.25, 0.3) is 0 Å². The van der Waals surface area contributed by atoms with Gasteiger partial charge >= 0.3 is 5.97 Å². The lowest BCUT2D eigenvalue weighted by Crippen LogP contribution is -2.25. The molecule has 130 valence electrons. The van der Waals surface area contributed by atoms with Gasteiger partial charge in [0.1, 0.15) is 0 Å². The molecule has 0 aliphatic rings. The number of hydrogen-bond acceptors (Lipinski definition) is 3. The highest BCUT2D eigenvalue weighted by atomic mass is 16.4. The number of aliphatic hydroxyl groups is 2. The predicted molar refractivity (Wildman–Crippen MR) is 89.9 cm³/mol. The molecule has 4 heteroatoms. The van der Waals surface area contributed by atoms with Crippen LogP contribution in [0, 0.1) is 0 Å². The van der Waals surface area contributed by atoms with Gasteiger partial charge in [-0.3, -0.25) is 4.79 Å². The lowest BCUT2D eigenvalue weighted by molar-refractivity contribution is -0.137. The van der Waals surface area contributed by atoms with Gasteiger partial charge in [0.15, 0.2) is 0 Å². The van der Waals surface area contributed by atoms with E-state index in [2.05, 4.69) is 0 Å². The topological polar surface area (TPSA) is 77.8 Å². The van der Waals surface area contributed by atoms with Crippen LogP contribution in [0.25, 0.3) is 0 Å². The van der Waals surface area contributed by atoms with E-state index >= 15 is 0 Å². The maximum atomic E-state index is 10.4. The number of carbonyl (C=O) groups is 1. The van der Waals surface area contributed by atoms with Crippen LogP contribution in [0.2, 0.25) is 0 Å². The van der Waals surface area contributed by atoms with Crippen LogP contribution < -0.4 is 0 Å². The van der Waals surface area contributed by atoms with Crippen molar-refractivity contribution in [1.82, 2.24) is 0 Å². The lowest BCUT2D eigenvalue weighted by atomic mass is 10.0. The summed E-state index contributed by atoms with van der Waals surface area (Å²) in [4.78, 5) is 10.4. The van der Waals surface area contributed by atoms with E-state index in [1.54, 1.807) is 0 Å². The predicted octanol–water partition coefficient (Wildman–Crippen LogP) is 4.05. The molecule has 22 heavy (non-hydrogen) atoms. The largest absolute Gasteiger partial charge is 0.481 e. The van der Waals surface area contributed by atoms with Gasteiger partial charge in [-0.15, -0.1) is 0 Å². The van der Waals surface area contributed by atoms with Gasteiger partial charge in [-0.05, 0) is 32.1 Å². The van der Waals surface area contributed by atoms with Crippen LogP contribution in [-0.2, 0) is 4.79 Å². The van der Waals surface area contributed by atoms with Gasteiger partial charge in [-0.2, -0.15) is 0 Å². The van der Waals surface area contributed by atoms with Crippen LogP contribution in [0.3, 0.4) is 0 Å². The van der Waals surface area contributed by atoms with Crippen molar-refractivity contribution < 1.29 is 25.6 Å². The number of carboxylic acids is 1. The second-order valence-corrected chi connectivity index (χ2v) is 5.54. The fraction of sp³-hybridized carbons (Fsp3) is 0.833. The van der Waals surface area contributed by atoms with Crippen LogP contribution in [0.4, 0.5) is 0 Å². The highest BCUT2D eigenvalue weighted by molar-refractivity contribution is 5.66. The molecule has 0 radical (unpaired) electrons. The average molecular weight is 318 g/mol. The number of hydrogen-bond donors (Lipinski definition) is 3. The van der Waals surface area contributed by atoms with E-state index in [4.69, 9.17) is 10.6 Å². The molecule has 2 unspecified atom stereocenters. The standard InChI is InChI=1S/C18H34O4/c1-2-3-4-5-7-10-13-16(19)17(20)14-11-8-6-9-12-15-18(21)22/h7,10,16-17,19-20H,2-6,8-9,11-15H2,1H3,(H,21,22)/b10-7-/i7D,10D,16D,17D. The summed E-state index contributed by atoms with van der Waals surface area (Å²) < 4.78 is 31.4. The molecule has 0 heterocycles. The molecule has 0 rings (SSSR count). The molecule has 3 N–H and O–H groups in total. The van der Waals surface area contributed by atoms with Gasteiger partial charge in [0.2, 0.25) is 0 Å². The van der Waals surface area contributed by atoms with E-state index in [1.807, 2.05) is 6.92 Å². The number of carboxylic acid groups (broad SMARTS) is 1. The summed E-state index contributed by atoms with van der Waals surface area (Å²) in [7, 11) is 0. The zero-order valence-corrected chi connectivity index (χ0v) is 13.7. The van der Waals surface area contributed by atoms with Crippen molar-refractivity contribution in [2.24, 2.45) is 0 Å². The molecule has 0 aliphatic carbocycles. The Bertz CT molecular complexity index is 450. The summed E-state index contributed by atoms with van der Waals surface area (Å²) in [5.74, 6) is -0.826. The van der Waals surface area contributed by atoms with E-state index in [0.29, 0.717) is 25.7 Å². The molecule has 0 aromatic carbocycles. The van der Waals surface area contributed by atoms with Crippen molar-refractivity contribution in [3.8, 4) is 0 Å². The Labute approximate surface area is 140 Å². The zero-order chi connectivity index (χ0) is 20.2. The molecule has 0 spiro atoms. The van der Waals surface area contributed by atoms with Crippen LogP contribution in [0.1, 0.15) is 89.5 Å². The third kappa shape index (κ3) is 14.1. The maximum Gasteiger partial charge on any atom is 0.303 e. The molecule has 0 aromatic heterocycles. The van der Waals surface area contributed by atoms with Crippen molar-refractivity contribution >= 4 is 5.97 Å². The Morgan fingerprint density at radius 3 is 2.41 bits per heavy atom. The molecule has 0 amide bonds. The maximum absolute atomic E-state index is 10.4. The molecule has 0 bridgehead atoms. The van der Waals surface area contributed by atoms with Crippen LogP contribution in [0.15, 0.2) is 12.1 Å². The first kappa shape index (κ1) is 14.7. The molecule has 2 atom stereocenters. The van der Waals surface area contributed by atoms with Crippen molar-refractivity contribution in [2.75, 3.05) is 0 Å². The highest BCUT2D eigenvalue weighted by Gasteiger charge is 2.13. The number of unbranched alkanes of at least 4 members (excludes halogenated alkanes) is 6. The first-order valence-electron chi connectivity index (χ1n) is 10.3. The second kappa shape index (κ2) is 15.0. The minimum atomic E-state index is -2.54. The third-order valence-corrected chi connectivity index (χ3v) is 3.42. The molecule has 0 fully saturated rings. The van der Waals surface area contributed by atoms with Gasteiger partial charge in [-0.25, -0.2) is 0 Å². The van der Waals surface area contributed by atoms with Gasteiger partial charge in [0, 0.05) is 6.42 Å². The Hall–Kier alpha value is -0.870. The quantitative estimate of drug-likeness (QED) is 0.314. The van der Waals surface area contributed by atoms with Gasteiger partial charge in [-0.1, -0.05) is 57.6 Å². The monoisotopic (exact) mass is 318 g/mol. The molecule has 0 aromatic rings. The highest BCUT2D eigenvalue weighted by Crippen LogP contribution is 2.12. The number of allylic oxidation sites excluding steroid dienone is 1. The summed E-state index contributed by atoms with van der Waals surface area (Å²) >= 11 is 0. The van der Waals surface area contributed by atoms with Crippen molar-refractivity contribution in [1.29, 1.82) is 0 Å². The minimum Gasteiger partial charge on any atom is -0.481 e. The lowest BCUT2D eigenvalue weighted by Gasteiger charge is -2.16. The number of rotatable bonds is 15. The van der Waals surface area contributed by atoms with E-state index in [-0.39, 0.29) is 24.9 Å². The number of aliphatic carboxylic acids is 1. The second-order valence-electron chi connectivity index (χ2n) is 5.54. The first-order valence-corrected chi connectivity index (χ1v) is 8.35. The molecule has 0 saturated carbocycles. The third-order valence-electron chi connectivity index (χ3n) is 3.42. The summed E-state index contributed by atoms with van der Waals surface area (Å²) in [5, 5.41) is 28.9. The Morgan fingerprint density at radius 1 is 1.05 bits per heavy atom. The van der Waals surface area contributed by atoms with Crippen LogP contribution in [-0.4, -0.2) is 33.4 Å². The Morgan fingerprint density at radius 2 is 1.73 bits per heavy atom. The van der Waals surface area contributed by atoms with E-state index in [0.717, 1.165) is 32.1 Å². The average Bonchev–Trinajstić information content (AvgIpc) is 2.53. The summed E-state index contributed by atoms with van der Waals surface area (Å²) in [5.41, 5.74) is 0. The van der Waals surface area contributed by atoms with Crippen molar-refractivity contribution in [3.05, 3.63) is 12.1 Å². The molecule has 0 aliphatic heterocycles. The van der Waals surface area contributed by atoms with Crippen molar-refractivity contribution in [3.63, 3.8) is 0 Å². The summed E-state index contributed by atoms with van der Waals surface area (Å²) in [6.45, 7) is 2.03. The molecular weight excluding hydrogens is 280 g/mol. The van der Waals surface area contributed by atoms with Gasteiger partial charge in [0.05, 0.1) is 17.6 Å². The van der Waals surface area contributed by atoms with Crippen LogP contribution >= 0.6 is 0 Å². The van der Waals surface area contributed by atoms with Crippen LogP contribution in [0.5, 0.6) is 0 Å². The summed E-state index contributed by atoms with van der Waals surface area (Å²) in [6, 6.07) is -0.170. The molecule has 4 nitrogen and oxygen atoms in total. The Balaban J connectivity index is 4.37. The zero-order valence-electron chi connectivity index (χ0n) is 17.7. The normalized spacial score (nSPS) is 20.7. The Kier molecular flexibility index (Phi) is 10.1. The van der Waals surface area contributed by atoms with E-state index in [1.165, 1.54) is 0 Å². The minimum absolute atomic E-state index is 0.0401. The first-order chi connectivity index (χ1) is 12.0. The van der Waals surface area contributed by atoms with Crippen molar-refractivity contribution in [2.45, 2.75) is 96.1 Å². The fourth-order valence-corrected chi connectivity index (χ4v) is 2.04. The molecular formula is C18H34O4. The summed E-state index contributed by atoms with van der Waals surface area (Å²) in [6.07, 6.45) is 0.800. The molecule has 0 saturated heterocycles. The SMILES string of the molecule is [2H]/C(CCCCC)=C(\[2H])CC([2H])(O)C([2H])(O)CCCCCCCC(=O)O. The van der Waals surface area contributed by atoms with E-state index in [9.17, 15) is 15.0 Å². The van der Waals surface area contributed by atoms with E-state index < -0.39 is 24.6 Å². The fourth-order valence-electron chi connectivity index (χ4n) is 2.04. The smallest absolute Gasteiger partial charge is 0.303 e. The van der Waals surface area contributed by atoms with Gasteiger partial charge < -0.3 is 15.3 Å².